The van der Waals surface area contributed by atoms with Crippen LogP contribution in [0.5, 0.6) is 5.75 Å². The summed E-state index contributed by atoms with van der Waals surface area (Å²) in [6.45, 7) is 8.22. The first-order chi connectivity index (χ1) is 8.99. The summed E-state index contributed by atoms with van der Waals surface area (Å²) in [7, 11) is 0. The molecule has 4 heteroatoms. The molecule has 0 heterocycles. The summed E-state index contributed by atoms with van der Waals surface area (Å²) in [5.41, 5.74) is 3.67. The zero-order valence-electron chi connectivity index (χ0n) is 12.0. The van der Waals surface area contributed by atoms with Gasteiger partial charge in [0.15, 0.2) is 6.61 Å². The van der Waals surface area contributed by atoms with Crippen molar-refractivity contribution in [2.45, 2.75) is 33.6 Å². The number of ether oxygens (including phenoxy) is 1. The van der Waals surface area contributed by atoms with Gasteiger partial charge in [0, 0.05) is 6.21 Å². The first-order valence-corrected chi connectivity index (χ1v) is 6.54. The second-order valence-electron chi connectivity index (χ2n) is 5.07. The number of benzene rings is 1. The minimum absolute atomic E-state index is 0.0313. The normalized spacial score (nSPS) is 11.3. The largest absolute Gasteiger partial charge is 0.484 e. The Hall–Kier alpha value is -1.84. The summed E-state index contributed by atoms with van der Waals surface area (Å²) in [5, 5.41) is 3.82. The van der Waals surface area contributed by atoms with E-state index in [4.69, 9.17) is 4.74 Å². The highest BCUT2D eigenvalue weighted by atomic mass is 16.5. The topological polar surface area (TPSA) is 50.7 Å². The number of hydrogen-bond acceptors (Lipinski definition) is 3. The summed E-state index contributed by atoms with van der Waals surface area (Å²) in [5.74, 6) is 1.23. The molecule has 0 aliphatic carbocycles. The third kappa shape index (κ3) is 6.04. The molecule has 1 amide bonds. The maximum absolute atomic E-state index is 11.4. The zero-order chi connectivity index (χ0) is 14.3. The molecule has 0 saturated carbocycles. The van der Waals surface area contributed by atoms with E-state index in [1.807, 2.05) is 38.1 Å². The third-order valence-corrected chi connectivity index (χ3v) is 2.48. The van der Waals surface area contributed by atoms with E-state index in [-0.39, 0.29) is 12.5 Å². The van der Waals surface area contributed by atoms with E-state index in [1.54, 1.807) is 6.21 Å². The molecule has 1 aromatic carbocycles. The predicted molar refractivity (Wildman–Crippen MR) is 77.5 cm³/mol. The van der Waals surface area contributed by atoms with Gasteiger partial charge >= 0.3 is 0 Å². The Balaban J connectivity index is 2.38. The number of rotatable bonds is 6. The fourth-order valence-electron chi connectivity index (χ4n) is 1.39. The van der Waals surface area contributed by atoms with Gasteiger partial charge in [-0.05, 0) is 29.5 Å². The maximum atomic E-state index is 11.4. The molecular formula is C15H22N2O2. The molecule has 0 bridgehead atoms. The summed E-state index contributed by atoms with van der Waals surface area (Å²) in [4.78, 5) is 11.4. The lowest BCUT2D eigenvalue weighted by atomic mass is 10.0. The van der Waals surface area contributed by atoms with E-state index in [0.29, 0.717) is 17.6 Å². The summed E-state index contributed by atoms with van der Waals surface area (Å²) in [6, 6.07) is 7.77. The maximum Gasteiger partial charge on any atom is 0.277 e. The van der Waals surface area contributed by atoms with Crippen molar-refractivity contribution < 1.29 is 9.53 Å². The van der Waals surface area contributed by atoms with Crippen molar-refractivity contribution in [3.8, 4) is 5.75 Å². The molecule has 0 unspecified atom stereocenters. The van der Waals surface area contributed by atoms with Crippen LogP contribution in [0.25, 0.3) is 0 Å². The van der Waals surface area contributed by atoms with Crippen LogP contribution in [-0.4, -0.2) is 18.7 Å². The van der Waals surface area contributed by atoms with Gasteiger partial charge < -0.3 is 4.74 Å². The minimum Gasteiger partial charge on any atom is -0.484 e. The van der Waals surface area contributed by atoms with Crippen LogP contribution in [0.2, 0.25) is 0 Å². The lowest BCUT2D eigenvalue weighted by Gasteiger charge is -2.08. The Morgan fingerprint density at radius 2 is 1.89 bits per heavy atom. The van der Waals surface area contributed by atoms with Crippen LogP contribution in [0.3, 0.4) is 0 Å². The van der Waals surface area contributed by atoms with Gasteiger partial charge in [-0.25, -0.2) is 5.43 Å². The van der Waals surface area contributed by atoms with Crippen molar-refractivity contribution >= 4 is 12.1 Å². The van der Waals surface area contributed by atoms with E-state index in [0.717, 1.165) is 0 Å². The monoisotopic (exact) mass is 262 g/mol. The molecular weight excluding hydrogens is 240 g/mol. The van der Waals surface area contributed by atoms with Gasteiger partial charge in [-0.2, -0.15) is 5.10 Å². The van der Waals surface area contributed by atoms with Crippen molar-refractivity contribution in [2.24, 2.45) is 11.0 Å². The second-order valence-corrected chi connectivity index (χ2v) is 5.07. The molecule has 104 valence electrons. The van der Waals surface area contributed by atoms with Crippen molar-refractivity contribution in [2.75, 3.05) is 6.61 Å². The molecule has 0 aliphatic rings. The Morgan fingerprint density at radius 3 is 2.42 bits per heavy atom. The Labute approximate surface area is 114 Å². The first-order valence-electron chi connectivity index (χ1n) is 6.54. The van der Waals surface area contributed by atoms with Crippen LogP contribution < -0.4 is 10.2 Å². The summed E-state index contributed by atoms with van der Waals surface area (Å²) >= 11 is 0. The highest BCUT2D eigenvalue weighted by molar-refractivity contribution is 5.78. The van der Waals surface area contributed by atoms with Gasteiger partial charge in [-0.15, -0.1) is 0 Å². The van der Waals surface area contributed by atoms with E-state index in [1.165, 1.54) is 5.56 Å². The Bertz CT molecular complexity index is 422. The lowest BCUT2D eigenvalue weighted by molar-refractivity contribution is -0.123. The number of carbonyl (C=O) groups is 1. The average Bonchev–Trinajstić information content (AvgIpc) is 2.36. The Morgan fingerprint density at radius 1 is 1.26 bits per heavy atom. The van der Waals surface area contributed by atoms with E-state index in [2.05, 4.69) is 24.4 Å². The molecule has 0 aliphatic heterocycles. The van der Waals surface area contributed by atoms with E-state index in [9.17, 15) is 4.79 Å². The van der Waals surface area contributed by atoms with Gasteiger partial charge in [0.05, 0.1) is 0 Å². The first kappa shape index (κ1) is 15.2. The fourth-order valence-corrected chi connectivity index (χ4v) is 1.39. The van der Waals surface area contributed by atoms with Gasteiger partial charge in [0.25, 0.3) is 5.91 Å². The third-order valence-electron chi connectivity index (χ3n) is 2.48. The molecule has 1 rings (SSSR count). The Kier molecular flexibility index (Phi) is 6.06. The molecule has 0 atom stereocenters. The van der Waals surface area contributed by atoms with Gasteiger partial charge in [0.2, 0.25) is 0 Å². The number of hydrogen-bond donors (Lipinski definition) is 1. The predicted octanol–water partition coefficient (Wildman–Crippen LogP) is 2.95. The van der Waals surface area contributed by atoms with E-state index >= 15 is 0 Å². The molecule has 4 nitrogen and oxygen atoms in total. The van der Waals surface area contributed by atoms with Gasteiger partial charge in [-0.3, -0.25) is 4.79 Å². The van der Waals surface area contributed by atoms with Crippen LogP contribution in [0.15, 0.2) is 29.4 Å². The quantitative estimate of drug-likeness (QED) is 0.633. The fraction of sp³-hybridized carbons (Fsp3) is 0.467. The molecule has 0 radical (unpaired) electrons. The highest BCUT2D eigenvalue weighted by Gasteiger charge is 2.03. The zero-order valence-corrected chi connectivity index (χ0v) is 12.0. The smallest absolute Gasteiger partial charge is 0.277 e. The van der Waals surface area contributed by atoms with Crippen molar-refractivity contribution in [1.82, 2.24) is 5.43 Å². The van der Waals surface area contributed by atoms with E-state index < -0.39 is 0 Å². The summed E-state index contributed by atoms with van der Waals surface area (Å²) < 4.78 is 5.37. The molecule has 0 aromatic heterocycles. The number of nitrogens with one attached hydrogen (secondary N) is 1. The number of hydrazone groups is 1. The molecule has 1 aromatic rings. The van der Waals surface area contributed by atoms with Crippen LogP contribution in [0.1, 0.15) is 39.2 Å². The molecule has 0 spiro atoms. The van der Waals surface area contributed by atoms with Gasteiger partial charge in [0.1, 0.15) is 5.75 Å². The van der Waals surface area contributed by atoms with Crippen LogP contribution in [0, 0.1) is 5.92 Å². The second kappa shape index (κ2) is 7.56. The van der Waals surface area contributed by atoms with Crippen molar-refractivity contribution in [1.29, 1.82) is 0 Å². The summed E-state index contributed by atoms with van der Waals surface area (Å²) in [6.07, 6.45) is 1.68. The highest BCUT2D eigenvalue weighted by Crippen LogP contribution is 2.18. The van der Waals surface area contributed by atoms with Gasteiger partial charge in [-0.1, -0.05) is 39.8 Å². The lowest BCUT2D eigenvalue weighted by Crippen LogP contribution is -2.24. The average molecular weight is 262 g/mol. The molecule has 0 saturated heterocycles. The van der Waals surface area contributed by atoms with Crippen molar-refractivity contribution in [3.05, 3.63) is 29.8 Å². The minimum atomic E-state index is -0.259. The van der Waals surface area contributed by atoms with Crippen LogP contribution in [0.4, 0.5) is 0 Å². The molecule has 0 fully saturated rings. The number of carbonyl (C=O) groups excluding carboxylic acids is 1. The SMILES string of the molecule is CC(C)/C=N/NC(=O)COc1ccc(C(C)C)cc1. The van der Waals surface area contributed by atoms with Crippen LogP contribution >= 0.6 is 0 Å². The van der Waals surface area contributed by atoms with Crippen LogP contribution in [-0.2, 0) is 4.79 Å². The van der Waals surface area contributed by atoms with Crippen molar-refractivity contribution in [3.63, 3.8) is 0 Å². The molecule has 19 heavy (non-hydrogen) atoms. The number of amides is 1. The molecule has 1 N–H and O–H groups in total. The standard InChI is InChI=1S/C15H22N2O2/c1-11(2)9-16-17-15(18)10-19-14-7-5-13(6-8-14)12(3)4/h5-9,11-12H,10H2,1-4H3,(H,17,18)/b16-9+. The number of nitrogens with zero attached hydrogens (tertiary/aromatic N) is 1.